The van der Waals surface area contributed by atoms with Gasteiger partial charge in [-0.15, -0.1) is 24.2 Å². The quantitative estimate of drug-likeness (QED) is 0.739. The van der Waals surface area contributed by atoms with Crippen LogP contribution in [0.5, 0.6) is 0 Å². The summed E-state index contributed by atoms with van der Waals surface area (Å²) < 4.78 is 6.50. The number of nitrogens with zero attached hydrogens (tertiary/aromatic N) is 2. The van der Waals surface area contributed by atoms with E-state index in [4.69, 9.17) is 10.3 Å². The van der Waals surface area contributed by atoms with Crippen LogP contribution in [0.1, 0.15) is 49.6 Å². The molecule has 0 amide bonds. The van der Waals surface area contributed by atoms with E-state index in [1.807, 2.05) is 12.1 Å². The van der Waals surface area contributed by atoms with E-state index in [1.165, 1.54) is 4.90 Å². The molecule has 1 aromatic carbocycles. The average molecular weight is 405 g/mol. The molecule has 1 aliphatic rings. The van der Waals surface area contributed by atoms with E-state index in [9.17, 15) is 0 Å². The van der Waals surface area contributed by atoms with Crippen LogP contribution >= 0.6 is 40.1 Å². The standard InChI is InChI=1S/C15H18BrN3OS.ClH/c1-10(21-12-6-4-11(16)5-7-12)13-18-14(19-20-13)15(17)8-2-3-9-15;/h4-7,10H,2-3,8-9,17H2,1H3;1H. The number of halogens is 2. The van der Waals surface area contributed by atoms with Gasteiger partial charge in [-0.1, -0.05) is 33.9 Å². The summed E-state index contributed by atoms with van der Waals surface area (Å²) in [6.45, 7) is 2.07. The van der Waals surface area contributed by atoms with Crippen molar-refractivity contribution < 1.29 is 4.52 Å². The Balaban J connectivity index is 0.00000176. The first-order chi connectivity index (χ1) is 10.1. The summed E-state index contributed by atoms with van der Waals surface area (Å²) in [5.41, 5.74) is 5.98. The summed E-state index contributed by atoms with van der Waals surface area (Å²) in [5.74, 6) is 1.31. The third-order valence-corrected chi connectivity index (χ3v) is 5.49. The van der Waals surface area contributed by atoms with Crippen molar-refractivity contribution in [1.29, 1.82) is 0 Å². The predicted octanol–water partition coefficient (Wildman–Crippen LogP) is 4.84. The Kier molecular flexibility index (Phi) is 5.94. The number of thioether (sulfide) groups is 1. The Labute approximate surface area is 149 Å². The smallest absolute Gasteiger partial charge is 0.239 e. The van der Waals surface area contributed by atoms with Gasteiger partial charge >= 0.3 is 0 Å². The van der Waals surface area contributed by atoms with E-state index in [2.05, 4.69) is 45.1 Å². The Morgan fingerprint density at radius 1 is 1.27 bits per heavy atom. The molecule has 1 fully saturated rings. The van der Waals surface area contributed by atoms with Crippen LogP contribution in [-0.4, -0.2) is 10.1 Å². The maximum absolute atomic E-state index is 6.37. The zero-order valence-electron chi connectivity index (χ0n) is 12.3. The molecule has 0 aliphatic heterocycles. The van der Waals surface area contributed by atoms with E-state index in [1.54, 1.807) is 11.8 Å². The second kappa shape index (κ2) is 7.34. The van der Waals surface area contributed by atoms with Gasteiger partial charge in [-0.25, -0.2) is 0 Å². The fourth-order valence-electron chi connectivity index (χ4n) is 2.60. The molecule has 1 unspecified atom stereocenters. The van der Waals surface area contributed by atoms with E-state index < -0.39 is 0 Å². The van der Waals surface area contributed by atoms with Crippen LogP contribution in [0, 0.1) is 0 Å². The van der Waals surface area contributed by atoms with Gasteiger partial charge in [-0.3, -0.25) is 0 Å². The van der Waals surface area contributed by atoms with Gasteiger partial charge in [-0.05, 0) is 44.0 Å². The lowest BCUT2D eigenvalue weighted by molar-refractivity contribution is 0.349. The first-order valence-corrected chi connectivity index (χ1v) is 8.79. The lowest BCUT2D eigenvalue weighted by atomic mass is 9.99. The van der Waals surface area contributed by atoms with E-state index in [-0.39, 0.29) is 23.2 Å². The van der Waals surface area contributed by atoms with Gasteiger partial charge in [0.15, 0.2) is 5.82 Å². The molecule has 120 valence electrons. The minimum atomic E-state index is -0.385. The zero-order valence-corrected chi connectivity index (χ0v) is 15.5. The SMILES string of the molecule is CC(Sc1ccc(Br)cc1)c1nc(C2(N)CCCC2)no1.Cl. The highest BCUT2D eigenvalue weighted by Gasteiger charge is 2.36. The number of nitrogens with two attached hydrogens (primary N) is 1. The van der Waals surface area contributed by atoms with Crippen molar-refractivity contribution in [3.63, 3.8) is 0 Å². The van der Waals surface area contributed by atoms with Gasteiger partial charge in [0, 0.05) is 9.37 Å². The van der Waals surface area contributed by atoms with Crippen LogP contribution in [-0.2, 0) is 5.54 Å². The molecule has 1 aliphatic carbocycles. The van der Waals surface area contributed by atoms with Crippen LogP contribution in [0.4, 0.5) is 0 Å². The van der Waals surface area contributed by atoms with Gasteiger partial charge < -0.3 is 10.3 Å². The van der Waals surface area contributed by atoms with E-state index in [0.29, 0.717) is 11.7 Å². The molecule has 7 heteroatoms. The van der Waals surface area contributed by atoms with Crippen molar-refractivity contribution >= 4 is 40.1 Å². The lowest BCUT2D eigenvalue weighted by Gasteiger charge is -2.17. The summed E-state index contributed by atoms with van der Waals surface area (Å²) in [4.78, 5) is 5.72. The average Bonchev–Trinajstić information content (AvgIpc) is 3.11. The number of aromatic nitrogens is 2. The van der Waals surface area contributed by atoms with Crippen LogP contribution in [0.3, 0.4) is 0 Å². The Morgan fingerprint density at radius 2 is 1.91 bits per heavy atom. The molecular weight excluding hydrogens is 386 g/mol. The highest BCUT2D eigenvalue weighted by Crippen LogP contribution is 2.38. The third kappa shape index (κ3) is 3.85. The predicted molar refractivity (Wildman–Crippen MR) is 94.3 cm³/mol. The minimum Gasteiger partial charge on any atom is -0.338 e. The number of hydrogen-bond acceptors (Lipinski definition) is 5. The molecule has 2 aromatic rings. The second-order valence-electron chi connectivity index (χ2n) is 5.53. The summed E-state index contributed by atoms with van der Waals surface area (Å²) in [6, 6.07) is 8.21. The van der Waals surface area contributed by atoms with E-state index >= 15 is 0 Å². The molecule has 1 heterocycles. The molecule has 1 atom stereocenters. The first-order valence-electron chi connectivity index (χ1n) is 7.12. The van der Waals surface area contributed by atoms with Crippen LogP contribution < -0.4 is 5.73 Å². The molecule has 1 saturated carbocycles. The Hall–Kier alpha value is -0.560. The molecule has 3 rings (SSSR count). The maximum atomic E-state index is 6.37. The van der Waals surface area contributed by atoms with Crippen molar-refractivity contribution in [2.45, 2.75) is 48.3 Å². The van der Waals surface area contributed by atoms with Crippen molar-refractivity contribution in [3.8, 4) is 0 Å². The number of benzene rings is 1. The molecule has 0 radical (unpaired) electrons. The maximum Gasteiger partial charge on any atom is 0.239 e. The molecule has 2 N–H and O–H groups in total. The van der Waals surface area contributed by atoms with Crippen LogP contribution in [0.2, 0.25) is 0 Å². The molecule has 0 spiro atoms. The van der Waals surface area contributed by atoms with Crippen molar-refractivity contribution in [3.05, 3.63) is 40.5 Å². The van der Waals surface area contributed by atoms with Gasteiger partial charge in [0.25, 0.3) is 0 Å². The van der Waals surface area contributed by atoms with Crippen molar-refractivity contribution in [2.24, 2.45) is 5.73 Å². The molecule has 0 saturated heterocycles. The van der Waals surface area contributed by atoms with Crippen LogP contribution in [0.25, 0.3) is 0 Å². The summed E-state index contributed by atoms with van der Waals surface area (Å²) in [5, 5.41) is 4.22. The summed E-state index contributed by atoms with van der Waals surface area (Å²) in [6.07, 6.45) is 4.17. The zero-order chi connectivity index (χ0) is 14.9. The Bertz CT molecular complexity index is 614. The van der Waals surface area contributed by atoms with Gasteiger partial charge in [0.05, 0.1) is 10.8 Å². The Morgan fingerprint density at radius 3 is 2.55 bits per heavy atom. The molecule has 4 nitrogen and oxygen atoms in total. The first kappa shape index (κ1) is 17.8. The molecule has 0 bridgehead atoms. The monoisotopic (exact) mass is 403 g/mol. The number of hydrogen-bond donors (Lipinski definition) is 1. The topological polar surface area (TPSA) is 64.9 Å². The normalized spacial score (nSPS) is 18.0. The lowest BCUT2D eigenvalue weighted by Crippen LogP contribution is -2.34. The molecular formula is C15H19BrClN3OS. The third-order valence-electron chi connectivity index (χ3n) is 3.86. The summed E-state index contributed by atoms with van der Waals surface area (Å²) in [7, 11) is 0. The summed E-state index contributed by atoms with van der Waals surface area (Å²) >= 11 is 5.14. The second-order valence-corrected chi connectivity index (χ2v) is 7.86. The minimum absolute atomic E-state index is 0. The highest BCUT2D eigenvalue weighted by molar-refractivity contribution is 9.10. The fraction of sp³-hybridized carbons (Fsp3) is 0.467. The van der Waals surface area contributed by atoms with Crippen molar-refractivity contribution in [2.75, 3.05) is 0 Å². The number of rotatable bonds is 4. The largest absolute Gasteiger partial charge is 0.338 e. The fourth-order valence-corrected chi connectivity index (χ4v) is 3.76. The van der Waals surface area contributed by atoms with Gasteiger partial charge in [0.1, 0.15) is 0 Å². The van der Waals surface area contributed by atoms with Crippen LogP contribution in [0.15, 0.2) is 38.2 Å². The van der Waals surface area contributed by atoms with Gasteiger partial charge in [0.2, 0.25) is 5.89 Å². The van der Waals surface area contributed by atoms with Gasteiger partial charge in [-0.2, -0.15) is 4.98 Å². The highest BCUT2D eigenvalue weighted by atomic mass is 79.9. The molecule has 1 aromatic heterocycles. The van der Waals surface area contributed by atoms with E-state index in [0.717, 1.165) is 30.2 Å². The van der Waals surface area contributed by atoms with Crippen molar-refractivity contribution in [1.82, 2.24) is 10.1 Å². The molecule has 22 heavy (non-hydrogen) atoms.